The van der Waals surface area contributed by atoms with Gasteiger partial charge in [-0.3, -0.25) is 30.0 Å². The third-order valence-corrected chi connectivity index (χ3v) is 2.59. The third-order valence-electron chi connectivity index (χ3n) is 2.59. The molecule has 0 unspecified atom stereocenters. The highest BCUT2D eigenvalue weighted by Crippen LogP contribution is 2.16. The van der Waals surface area contributed by atoms with Gasteiger partial charge in [0.15, 0.2) is 0 Å². The molecule has 14 heteroatoms. The van der Waals surface area contributed by atoms with E-state index in [1.807, 2.05) is 0 Å². The summed E-state index contributed by atoms with van der Waals surface area (Å²) in [5.41, 5.74) is -1.27. The van der Waals surface area contributed by atoms with E-state index in [1.165, 1.54) is 11.7 Å². The molecule has 0 spiro atoms. The van der Waals surface area contributed by atoms with Gasteiger partial charge in [-0.15, -0.1) is 0 Å². The van der Waals surface area contributed by atoms with Crippen molar-refractivity contribution in [3.63, 3.8) is 0 Å². The summed E-state index contributed by atoms with van der Waals surface area (Å²) >= 11 is 0. The number of hydrogen-bond acceptors (Lipinski definition) is 10. The number of nitrogens with one attached hydrogen (secondary N) is 1. The number of esters is 2. The summed E-state index contributed by atoms with van der Waals surface area (Å²) < 4.78 is 9.78. The number of hydrogen-bond donors (Lipinski definition) is 1. The van der Waals surface area contributed by atoms with E-state index in [-0.39, 0.29) is 22.8 Å². The number of ether oxygens (including phenoxy) is 2. The molecule has 0 aromatic carbocycles. The van der Waals surface area contributed by atoms with Crippen LogP contribution in [0.5, 0.6) is 0 Å². The molecular weight excluding hydrogens is 344 g/mol. The smallest absolute Gasteiger partial charge is 0.365 e. The van der Waals surface area contributed by atoms with Crippen LogP contribution < -0.4 is 0 Å². The fraction of sp³-hybridized carbons (Fsp3) is 0.273. The van der Waals surface area contributed by atoms with Crippen molar-refractivity contribution in [1.29, 1.82) is 0 Å². The number of H-pyrrole nitrogens is 1. The van der Waals surface area contributed by atoms with Gasteiger partial charge in [0, 0.05) is 7.05 Å². The first-order valence-corrected chi connectivity index (χ1v) is 6.25. The fourth-order valence-corrected chi connectivity index (χ4v) is 1.52. The van der Waals surface area contributed by atoms with Gasteiger partial charge in [-0.2, -0.15) is 10.2 Å². The summed E-state index contributed by atoms with van der Waals surface area (Å²) in [5.74, 6) is -1.62. The number of aromatic amines is 1. The van der Waals surface area contributed by atoms with E-state index in [0.717, 1.165) is 26.6 Å². The number of aryl methyl sites for hydroxylation is 1. The topological polar surface area (TPSA) is 185 Å². The molecule has 134 valence electrons. The first-order chi connectivity index (χ1) is 11.7. The Balaban J connectivity index is 0.000000251. The van der Waals surface area contributed by atoms with Crippen LogP contribution in [0.25, 0.3) is 0 Å². The highest BCUT2D eigenvalue weighted by molar-refractivity contribution is 5.91. The lowest BCUT2D eigenvalue weighted by Gasteiger charge is -1.92. The van der Waals surface area contributed by atoms with Crippen LogP contribution in [-0.4, -0.2) is 56.0 Å². The quantitative estimate of drug-likeness (QED) is 0.451. The Bertz CT molecular complexity index is 809. The molecule has 0 aliphatic carbocycles. The van der Waals surface area contributed by atoms with Crippen LogP contribution in [0.1, 0.15) is 21.0 Å². The molecule has 25 heavy (non-hydrogen) atoms. The Morgan fingerprint density at radius 3 is 2.16 bits per heavy atom. The molecule has 0 fully saturated rings. The van der Waals surface area contributed by atoms with Crippen molar-refractivity contribution in [2.24, 2.45) is 7.05 Å². The molecule has 0 aliphatic rings. The number of methoxy groups -OCH3 is 2. The van der Waals surface area contributed by atoms with Crippen LogP contribution in [0, 0.1) is 20.2 Å². The molecule has 0 saturated heterocycles. The number of carbonyl (C=O) groups excluding carboxylic acids is 2. The summed E-state index contributed by atoms with van der Waals surface area (Å²) in [5, 5.41) is 29.8. The predicted octanol–water partition coefficient (Wildman–Crippen LogP) is 0.219. The second-order valence-electron chi connectivity index (χ2n) is 4.16. The van der Waals surface area contributed by atoms with Gasteiger partial charge in [0.25, 0.3) is 0 Å². The Morgan fingerprint density at radius 2 is 1.68 bits per heavy atom. The monoisotopic (exact) mass is 356 g/mol. The van der Waals surface area contributed by atoms with Gasteiger partial charge in [-0.05, 0) is 0 Å². The minimum absolute atomic E-state index is 0.248. The molecule has 2 aromatic rings. The normalized spacial score (nSPS) is 9.56. The van der Waals surface area contributed by atoms with E-state index in [2.05, 4.69) is 24.8 Å². The molecule has 0 saturated carbocycles. The van der Waals surface area contributed by atoms with Gasteiger partial charge < -0.3 is 9.47 Å². The molecule has 1 N–H and O–H groups in total. The summed E-state index contributed by atoms with van der Waals surface area (Å²) in [4.78, 5) is 41.0. The summed E-state index contributed by atoms with van der Waals surface area (Å²) in [7, 11) is 3.76. The maximum Gasteiger partial charge on any atom is 0.365 e. The van der Waals surface area contributed by atoms with Crippen LogP contribution in [0.4, 0.5) is 11.4 Å². The fourth-order valence-electron chi connectivity index (χ4n) is 1.52. The van der Waals surface area contributed by atoms with Crippen molar-refractivity contribution < 1.29 is 28.9 Å². The number of aromatic nitrogens is 4. The highest BCUT2D eigenvalue weighted by Gasteiger charge is 2.25. The van der Waals surface area contributed by atoms with E-state index in [9.17, 15) is 29.8 Å². The molecule has 14 nitrogen and oxygen atoms in total. The van der Waals surface area contributed by atoms with Gasteiger partial charge >= 0.3 is 23.3 Å². The van der Waals surface area contributed by atoms with Crippen molar-refractivity contribution in [3.05, 3.63) is 44.0 Å². The van der Waals surface area contributed by atoms with E-state index in [4.69, 9.17) is 0 Å². The zero-order chi connectivity index (χ0) is 19.1. The van der Waals surface area contributed by atoms with Crippen molar-refractivity contribution in [2.45, 2.75) is 0 Å². The van der Waals surface area contributed by atoms with Crippen molar-refractivity contribution in [1.82, 2.24) is 20.0 Å². The SMILES string of the molecule is COC(=O)c1[nH]ncc1[N+](=O)[O-].COC(=O)c1nn(C)cc1[N+](=O)[O-]. The number of nitrogens with zero attached hydrogens (tertiary/aromatic N) is 5. The number of nitro groups is 2. The number of rotatable bonds is 4. The highest BCUT2D eigenvalue weighted by atomic mass is 16.6. The van der Waals surface area contributed by atoms with Crippen LogP contribution in [0.2, 0.25) is 0 Å². The van der Waals surface area contributed by atoms with Crippen LogP contribution in [0.15, 0.2) is 12.4 Å². The number of carbonyl (C=O) groups is 2. The van der Waals surface area contributed by atoms with Crippen LogP contribution in [-0.2, 0) is 16.5 Å². The largest absolute Gasteiger partial charge is 0.464 e. The molecule has 0 amide bonds. The zero-order valence-corrected chi connectivity index (χ0v) is 13.2. The van der Waals surface area contributed by atoms with Crippen molar-refractivity contribution in [2.75, 3.05) is 14.2 Å². The summed E-state index contributed by atoms with van der Waals surface area (Å²) in [6, 6.07) is 0. The first kappa shape index (κ1) is 19.2. The zero-order valence-electron chi connectivity index (χ0n) is 13.2. The molecule has 0 atom stereocenters. The van der Waals surface area contributed by atoms with Crippen LogP contribution >= 0.6 is 0 Å². The average molecular weight is 356 g/mol. The second-order valence-corrected chi connectivity index (χ2v) is 4.16. The minimum Gasteiger partial charge on any atom is -0.464 e. The first-order valence-electron chi connectivity index (χ1n) is 6.25. The Kier molecular flexibility index (Phi) is 6.25. The molecule has 2 aromatic heterocycles. The summed E-state index contributed by atoms with van der Waals surface area (Å²) in [6.07, 6.45) is 2.10. The predicted molar refractivity (Wildman–Crippen MR) is 77.8 cm³/mol. The lowest BCUT2D eigenvalue weighted by atomic mass is 10.4. The molecule has 2 heterocycles. The maximum atomic E-state index is 10.9. The Morgan fingerprint density at radius 1 is 1.12 bits per heavy atom. The van der Waals surface area contributed by atoms with Gasteiger partial charge in [-0.25, -0.2) is 9.59 Å². The van der Waals surface area contributed by atoms with Gasteiger partial charge in [0.05, 0.1) is 24.1 Å². The van der Waals surface area contributed by atoms with E-state index in [1.54, 1.807) is 0 Å². The third kappa shape index (κ3) is 4.57. The Hall–Kier alpha value is -3.84. The van der Waals surface area contributed by atoms with E-state index < -0.39 is 21.8 Å². The van der Waals surface area contributed by atoms with Crippen LogP contribution in [0.3, 0.4) is 0 Å². The van der Waals surface area contributed by atoms with Crippen molar-refractivity contribution >= 4 is 23.3 Å². The minimum atomic E-state index is -0.813. The molecule has 2 rings (SSSR count). The van der Waals surface area contributed by atoms with Crippen molar-refractivity contribution in [3.8, 4) is 0 Å². The van der Waals surface area contributed by atoms with Gasteiger partial charge in [-0.1, -0.05) is 0 Å². The lowest BCUT2D eigenvalue weighted by molar-refractivity contribution is -0.385. The molecule has 0 radical (unpaired) electrons. The molecule has 0 aliphatic heterocycles. The van der Waals surface area contributed by atoms with Gasteiger partial charge in [0.2, 0.25) is 11.4 Å². The van der Waals surface area contributed by atoms with E-state index in [0.29, 0.717) is 0 Å². The molecular formula is C11H12N6O8. The maximum absolute atomic E-state index is 10.9. The standard InChI is InChI=1S/C6H7N3O4.C5H5N3O4/c1-8-3-4(9(11)12)5(7-8)6(10)13-2;1-12-5(9)4-3(8(10)11)2-6-7-4/h3H,1-2H3;2H,1H3,(H,6,7). The average Bonchev–Trinajstić information content (AvgIpc) is 3.20. The van der Waals surface area contributed by atoms with E-state index >= 15 is 0 Å². The lowest BCUT2D eigenvalue weighted by Crippen LogP contribution is -2.05. The summed E-state index contributed by atoms with van der Waals surface area (Å²) in [6.45, 7) is 0. The van der Waals surface area contributed by atoms with Gasteiger partial charge in [0.1, 0.15) is 12.4 Å². The molecule has 0 bridgehead atoms. The Labute approximate surface area is 138 Å². The second kappa shape index (κ2) is 8.14.